The van der Waals surface area contributed by atoms with Crippen LogP contribution in [0.1, 0.15) is 52.3 Å². The highest BCUT2D eigenvalue weighted by molar-refractivity contribution is 6.06. The number of nitrogens with one attached hydrogen (secondary N) is 1. The second-order valence-electron chi connectivity index (χ2n) is 11.6. The Morgan fingerprint density at radius 3 is 2.67 bits per heavy atom. The summed E-state index contributed by atoms with van der Waals surface area (Å²) in [5.41, 5.74) is 3.85. The molecule has 1 fully saturated rings. The number of ether oxygens (including phenoxy) is 3. The minimum Gasteiger partial charge on any atom is -0.493 e. The van der Waals surface area contributed by atoms with Gasteiger partial charge in [0, 0.05) is 49.7 Å². The molecule has 45 heavy (non-hydrogen) atoms. The molecule has 1 aliphatic carbocycles. The maximum absolute atomic E-state index is 13.2. The molecule has 2 aromatic heterocycles. The summed E-state index contributed by atoms with van der Waals surface area (Å²) in [7, 11) is 3.18. The van der Waals surface area contributed by atoms with Crippen LogP contribution in [-0.2, 0) is 9.47 Å². The van der Waals surface area contributed by atoms with Crippen LogP contribution in [0, 0.1) is 12.8 Å². The summed E-state index contributed by atoms with van der Waals surface area (Å²) in [6.07, 6.45) is 10.9. The Kier molecular flexibility index (Phi) is 9.30. The molecule has 9 nitrogen and oxygen atoms in total. The standard InChI is InChI=1S/C36H39N3O6/c1-23-30-20-25(29-9-4-5-10-31(29)42-2)11-13-32(30)45-34(23)35(40)38-27-12-14-33(37-21-27)39-17-15-24(16-18-39)22-44-28-8-6-7-26(19-28)36(41)43-3/h4-14,19-21,24,29,31,36,41H,15-18,22H2,1-3H3,(H,38,40). The molecule has 3 heterocycles. The second-order valence-corrected chi connectivity index (χ2v) is 11.6. The molecule has 0 radical (unpaired) electrons. The van der Waals surface area contributed by atoms with Gasteiger partial charge < -0.3 is 34.0 Å². The SMILES string of the molecule is COC(O)c1cccc(OCC2CCN(c3ccc(NC(=O)c4oc5ccc(C6C=CC=CC6OC)cc5c4C)cn3)CC2)c1. The first kappa shape index (κ1) is 30.6. The van der Waals surface area contributed by atoms with Gasteiger partial charge in [0.2, 0.25) is 0 Å². The molecular weight excluding hydrogens is 570 g/mol. The molecule has 1 aliphatic heterocycles. The van der Waals surface area contributed by atoms with Crippen molar-refractivity contribution < 1.29 is 28.5 Å². The molecule has 3 unspecified atom stereocenters. The number of piperidine rings is 1. The maximum atomic E-state index is 13.2. The number of hydrogen-bond donors (Lipinski definition) is 2. The highest BCUT2D eigenvalue weighted by atomic mass is 16.6. The van der Waals surface area contributed by atoms with Gasteiger partial charge in [-0.25, -0.2) is 4.98 Å². The average Bonchev–Trinajstić information content (AvgIpc) is 3.43. The first-order valence-electron chi connectivity index (χ1n) is 15.3. The van der Waals surface area contributed by atoms with E-state index in [1.54, 1.807) is 13.3 Å². The molecule has 6 rings (SSSR count). The van der Waals surface area contributed by atoms with E-state index in [0.717, 1.165) is 54.0 Å². The van der Waals surface area contributed by atoms with Crippen LogP contribution in [0.2, 0.25) is 0 Å². The van der Waals surface area contributed by atoms with Crippen molar-refractivity contribution in [2.45, 2.75) is 38.1 Å². The highest BCUT2D eigenvalue weighted by Crippen LogP contribution is 2.33. The van der Waals surface area contributed by atoms with E-state index in [-0.39, 0.29) is 17.9 Å². The van der Waals surface area contributed by atoms with E-state index in [1.165, 1.54) is 7.11 Å². The quantitative estimate of drug-likeness (QED) is 0.195. The fourth-order valence-corrected chi connectivity index (χ4v) is 6.05. The van der Waals surface area contributed by atoms with E-state index in [4.69, 9.17) is 18.6 Å². The minimum absolute atomic E-state index is 0.0373. The minimum atomic E-state index is -0.959. The Morgan fingerprint density at radius 1 is 1.09 bits per heavy atom. The van der Waals surface area contributed by atoms with Gasteiger partial charge in [-0.2, -0.15) is 0 Å². The van der Waals surface area contributed by atoms with Crippen molar-refractivity contribution in [1.29, 1.82) is 0 Å². The van der Waals surface area contributed by atoms with Crippen LogP contribution in [0.15, 0.2) is 89.5 Å². The zero-order chi connectivity index (χ0) is 31.3. The molecule has 2 aromatic carbocycles. The molecule has 9 heteroatoms. The van der Waals surface area contributed by atoms with E-state index >= 15 is 0 Å². The third-order valence-corrected chi connectivity index (χ3v) is 8.70. The first-order chi connectivity index (χ1) is 21.9. The summed E-state index contributed by atoms with van der Waals surface area (Å²) >= 11 is 0. The van der Waals surface area contributed by atoms with Crippen LogP contribution in [0.25, 0.3) is 11.0 Å². The van der Waals surface area contributed by atoms with Crippen LogP contribution in [0.4, 0.5) is 11.5 Å². The molecule has 3 atom stereocenters. The number of carbonyl (C=O) groups is 1. The summed E-state index contributed by atoms with van der Waals surface area (Å²) in [4.78, 5) is 20.1. The van der Waals surface area contributed by atoms with Crippen LogP contribution in [0.5, 0.6) is 5.75 Å². The number of benzene rings is 2. The van der Waals surface area contributed by atoms with Crippen molar-refractivity contribution in [3.63, 3.8) is 0 Å². The number of aliphatic hydroxyl groups excluding tert-OH is 1. The van der Waals surface area contributed by atoms with Crippen molar-refractivity contribution in [1.82, 2.24) is 4.98 Å². The number of rotatable bonds is 10. The molecule has 4 aromatic rings. The number of amides is 1. The molecule has 1 saturated heterocycles. The zero-order valence-electron chi connectivity index (χ0n) is 25.8. The van der Waals surface area contributed by atoms with Crippen molar-refractivity contribution in [2.24, 2.45) is 5.92 Å². The summed E-state index contributed by atoms with van der Waals surface area (Å²) in [5.74, 6) is 2.11. The van der Waals surface area contributed by atoms with Gasteiger partial charge in [-0.15, -0.1) is 0 Å². The molecule has 2 aliphatic rings. The lowest BCUT2D eigenvalue weighted by molar-refractivity contribution is -0.0770. The maximum Gasteiger partial charge on any atom is 0.291 e. The molecular formula is C36H39N3O6. The number of aliphatic hydroxyl groups is 1. The number of anilines is 2. The van der Waals surface area contributed by atoms with Crippen molar-refractivity contribution in [3.8, 4) is 5.75 Å². The molecule has 0 spiro atoms. The third-order valence-electron chi connectivity index (χ3n) is 8.70. The van der Waals surface area contributed by atoms with Crippen LogP contribution >= 0.6 is 0 Å². The second kappa shape index (κ2) is 13.7. The fraction of sp³-hybridized carbons (Fsp3) is 0.333. The lowest BCUT2D eigenvalue weighted by Crippen LogP contribution is -2.36. The number of aromatic nitrogens is 1. The predicted octanol–water partition coefficient (Wildman–Crippen LogP) is 6.55. The monoisotopic (exact) mass is 609 g/mol. The molecule has 1 amide bonds. The first-order valence-corrected chi connectivity index (χ1v) is 15.3. The summed E-state index contributed by atoms with van der Waals surface area (Å²) in [6, 6.07) is 17.2. The number of carbonyl (C=O) groups excluding carboxylic acids is 1. The van der Waals surface area contributed by atoms with Crippen molar-refractivity contribution >= 4 is 28.4 Å². The van der Waals surface area contributed by atoms with Gasteiger partial charge in [0.1, 0.15) is 17.2 Å². The number of nitrogens with zero attached hydrogens (tertiary/aromatic N) is 2. The number of fused-ring (bicyclic) bond motifs is 1. The van der Waals surface area contributed by atoms with Crippen molar-refractivity contribution in [3.05, 3.63) is 108 Å². The van der Waals surface area contributed by atoms with Gasteiger partial charge >= 0.3 is 0 Å². The normalized spacial score (nSPS) is 19.2. The molecule has 0 saturated carbocycles. The number of pyridine rings is 1. The van der Waals surface area contributed by atoms with E-state index in [9.17, 15) is 9.90 Å². The predicted molar refractivity (Wildman–Crippen MR) is 174 cm³/mol. The van der Waals surface area contributed by atoms with Gasteiger partial charge in [0.25, 0.3) is 5.91 Å². The fourth-order valence-electron chi connectivity index (χ4n) is 6.05. The Labute approximate surface area is 263 Å². The third kappa shape index (κ3) is 6.81. The number of hydrogen-bond acceptors (Lipinski definition) is 8. The number of methoxy groups -OCH3 is 2. The number of furan rings is 1. The van der Waals surface area contributed by atoms with Gasteiger partial charge in [-0.3, -0.25) is 4.79 Å². The summed E-state index contributed by atoms with van der Waals surface area (Å²) in [5, 5.41) is 13.8. The van der Waals surface area contributed by atoms with E-state index in [1.807, 2.05) is 73.7 Å². The van der Waals surface area contributed by atoms with Gasteiger partial charge in [-0.05, 0) is 67.6 Å². The molecule has 2 N–H and O–H groups in total. The van der Waals surface area contributed by atoms with Gasteiger partial charge in [0.05, 0.1) is 24.6 Å². The lowest BCUT2D eigenvalue weighted by atomic mass is 9.89. The molecule has 234 valence electrons. The van der Waals surface area contributed by atoms with E-state index < -0.39 is 6.29 Å². The van der Waals surface area contributed by atoms with Gasteiger partial charge in [-0.1, -0.05) is 42.5 Å². The van der Waals surface area contributed by atoms with Crippen molar-refractivity contribution in [2.75, 3.05) is 44.1 Å². The van der Waals surface area contributed by atoms with Crippen LogP contribution in [-0.4, -0.2) is 56.0 Å². The zero-order valence-corrected chi connectivity index (χ0v) is 25.8. The Morgan fingerprint density at radius 2 is 1.91 bits per heavy atom. The largest absolute Gasteiger partial charge is 0.493 e. The van der Waals surface area contributed by atoms with Crippen LogP contribution < -0.4 is 15.0 Å². The topological polar surface area (TPSA) is 106 Å². The Balaban J connectivity index is 1.03. The molecule has 0 bridgehead atoms. The summed E-state index contributed by atoms with van der Waals surface area (Å²) < 4.78 is 22.7. The Bertz CT molecular complexity index is 1690. The average molecular weight is 610 g/mol. The van der Waals surface area contributed by atoms with Crippen LogP contribution in [0.3, 0.4) is 0 Å². The Hall–Kier alpha value is -4.44. The van der Waals surface area contributed by atoms with E-state index in [2.05, 4.69) is 27.3 Å². The highest BCUT2D eigenvalue weighted by Gasteiger charge is 2.24. The lowest BCUT2D eigenvalue weighted by Gasteiger charge is -2.32. The smallest absolute Gasteiger partial charge is 0.291 e. The van der Waals surface area contributed by atoms with Gasteiger partial charge in [0.15, 0.2) is 12.1 Å². The number of aryl methyl sites for hydroxylation is 1. The van der Waals surface area contributed by atoms with E-state index in [0.29, 0.717) is 35.1 Å². The number of allylic oxidation sites excluding steroid dienone is 2. The summed E-state index contributed by atoms with van der Waals surface area (Å²) in [6.45, 7) is 4.26.